The van der Waals surface area contributed by atoms with E-state index in [9.17, 15) is 14.7 Å². The molecule has 2 heterocycles. The van der Waals surface area contributed by atoms with E-state index in [1.165, 1.54) is 4.90 Å². The Hall–Kier alpha value is -3.36. The number of ether oxygens (including phenoxy) is 3. The smallest absolute Gasteiger partial charge is 0.295 e. The fraction of sp³-hybridized carbons (Fsp3) is 0.429. The molecule has 192 valence electrons. The Bertz CT molecular complexity index is 1090. The van der Waals surface area contributed by atoms with Gasteiger partial charge in [0.1, 0.15) is 24.6 Å². The van der Waals surface area contributed by atoms with Crippen molar-refractivity contribution < 1.29 is 33.8 Å². The van der Waals surface area contributed by atoms with Gasteiger partial charge in [0.15, 0.2) is 0 Å². The van der Waals surface area contributed by atoms with Crippen molar-refractivity contribution in [3.05, 3.63) is 65.2 Å². The van der Waals surface area contributed by atoms with Gasteiger partial charge in [-0.05, 0) is 48.7 Å². The third-order valence-electron chi connectivity index (χ3n) is 6.51. The molecule has 8 nitrogen and oxygen atoms in total. The van der Waals surface area contributed by atoms with Gasteiger partial charge in [0.05, 0.1) is 45.6 Å². The van der Waals surface area contributed by atoms with Crippen LogP contribution in [0.5, 0.6) is 11.5 Å². The molecule has 0 aromatic heterocycles. The number of rotatable bonds is 10. The van der Waals surface area contributed by atoms with Gasteiger partial charge in [0, 0.05) is 5.57 Å². The normalized spacial score (nSPS) is 20.1. The highest BCUT2D eigenvalue weighted by Gasteiger charge is 2.44. The van der Waals surface area contributed by atoms with Gasteiger partial charge in [-0.2, -0.15) is 0 Å². The lowest BCUT2D eigenvalue weighted by Gasteiger charge is -2.30. The molecule has 0 radical (unpaired) electrons. The van der Waals surface area contributed by atoms with Crippen LogP contribution >= 0.6 is 0 Å². The van der Waals surface area contributed by atoms with Crippen molar-refractivity contribution >= 4 is 17.4 Å². The van der Waals surface area contributed by atoms with Crippen LogP contribution in [-0.2, 0) is 14.3 Å². The van der Waals surface area contributed by atoms with Crippen LogP contribution in [0.2, 0.25) is 0 Å². The Balaban J connectivity index is 1.71. The molecule has 2 fully saturated rings. The maximum atomic E-state index is 13.6. The quantitative estimate of drug-likeness (QED) is 0.301. The second-order valence-electron chi connectivity index (χ2n) is 8.96. The van der Waals surface area contributed by atoms with Gasteiger partial charge < -0.3 is 29.1 Å². The number of nitrogens with one attached hydrogen (secondary N) is 1. The summed E-state index contributed by atoms with van der Waals surface area (Å²) >= 11 is 0. The van der Waals surface area contributed by atoms with E-state index in [1.807, 2.05) is 38.1 Å². The lowest BCUT2D eigenvalue weighted by atomic mass is 9.95. The van der Waals surface area contributed by atoms with E-state index in [1.54, 1.807) is 29.2 Å². The number of benzene rings is 2. The second-order valence-corrected chi connectivity index (χ2v) is 8.96. The van der Waals surface area contributed by atoms with Crippen molar-refractivity contribution in [1.82, 2.24) is 4.90 Å². The topological polar surface area (TPSA) is 92.6 Å². The molecule has 0 aliphatic carbocycles. The Labute approximate surface area is 212 Å². The largest absolute Gasteiger partial charge is 0.872 e. The molecule has 2 aromatic rings. The highest BCUT2D eigenvalue weighted by molar-refractivity contribution is 6.46. The maximum Gasteiger partial charge on any atom is 0.295 e. The van der Waals surface area contributed by atoms with Gasteiger partial charge >= 0.3 is 0 Å². The molecule has 0 saturated carbocycles. The summed E-state index contributed by atoms with van der Waals surface area (Å²) in [5.74, 6) is -0.534. The number of nitrogens with zero attached hydrogens (tertiary/aromatic N) is 1. The molecule has 36 heavy (non-hydrogen) atoms. The van der Waals surface area contributed by atoms with Crippen LogP contribution in [0.4, 0.5) is 0 Å². The summed E-state index contributed by atoms with van der Waals surface area (Å²) in [5, 5.41) is 13.6. The summed E-state index contributed by atoms with van der Waals surface area (Å²) in [5.41, 5.74) is 1.02. The first-order chi connectivity index (χ1) is 17.5. The molecule has 1 unspecified atom stereocenters. The molecular weight excluding hydrogens is 460 g/mol. The van der Waals surface area contributed by atoms with Gasteiger partial charge in [0.2, 0.25) is 5.78 Å². The second kappa shape index (κ2) is 12.1. The van der Waals surface area contributed by atoms with E-state index in [-0.39, 0.29) is 5.57 Å². The van der Waals surface area contributed by atoms with Crippen molar-refractivity contribution in [2.24, 2.45) is 0 Å². The van der Waals surface area contributed by atoms with Crippen LogP contribution in [0.25, 0.3) is 5.76 Å². The number of hydrogen-bond acceptors (Lipinski definition) is 6. The zero-order chi connectivity index (χ0) is 25.5. The number of quaternary nitrogens is 1. The van der Waals surface area contributed by atoms with E-state index in [2.05, 4.69) is 0 Å². The average Bonchev–Trinajstić information content (AvgIpc) is 3.16. The standard InChI is InChI=1S/C28H34N2O6/c1-3-16-36-23-7-5-6-21(19-23)25-24(26(31)20-8-10-22(11-9-20)35-4-2)27(32)28(33)30(25)13-12-29-14-17-34-18-15-29/h5-11,19,25,31H,3-4,12-18H2,1-2H3/b26-24+. The zero-order valence-corrected chi connectivity index (χ0v) is 21.0. The summed E-state index contributed by atoms with van der Waals surface area (Å²) in [6, 6.07) is 13.2. The summed E-state index contributed by atoms with van der Waals surface area (Å²) in [4.78, 5) is 29.3. The minimum atomic E-state index is -0.769. The van der Waals surface area contributed by atoms with Crippen molar-refractivity contribution in [1.29, 1.82) is 0 Å². The van der Waals surface area contributed by atoms with Gasteiger partial charge in [0.25, 0.3) is 5.91 Å². The predicted molar refractivity (Wildman–Crippen MR) is 133 cm³/mol. The third-order valence-corrected chi connectivity index (χ3v) is 6.51. The summed E-state index contributed by atoms with van der Waals surface area (Å²) in [6.07, 6.45) is 0.854. The van der Waals surface area contributed by atoms with Crippen LogP contribution in [0.15, 0.2) is 54.1 Å². The zero-order valence-electron chi connectivity index (χ0n) is 21.0. The lowest BCUT2D eigenvalue weighted by molar-refractivity contribution is -0.907. The fourth-order valence-corrected chi connectivity index (χ4v) is 4.66. The van der Waals surface area contributed by atoms with E-state index >= 15 is 0 Å². The minimum absolute atomic E-state index is 0.0196. The fourth-order valence-electron chi connectivity index (χ4n) is 4.66. The van der Waals surface area contributed by atoms with E-state index in [0.29, 0.717) is 62.1 Å². The number of morpholine rings is 1. The molecule has 0 spiro atoms. The molecule has 1 N–H and O–H groups in total. The van der Waals surface area contributed by atoms with E-state index in [0.717, 1.165) is 19.5 Å². The van der Waals surface area contributed by atoms with Crippen LogP contribution in [0.3, 0.4) is 0 Å². The third kappa shape index (κ3) is 5.71. The Morgan fingerprint density at radius 3 is 2.50 bits per heavy atom. The van der Waals surface area contributed by atoms with Crippen molar-refractivity contribution in [3.63, 3.8) is 0 Å². The number of carbonyl (C=O) groups excluding carboxylic acids is 2. The minimum Gasteiger partial charge on any atom is -0.872 e. The van der Waals surface area contributed by atoms with E-state index < -0.39 is 23.5 Å². The van der Waals surface area contributed by atoms with E-state index in [4.69, 9.17) is 14.2 Å². The average molecular weight is 495 g/mol. The van der Waals surface area contributed by atoms with Crippen molar-refractivity contribution in [2.75, 3.05) is 52.6 Å². The summed E-state index contributed by atoms with van der Waals surface area (Å²) in [6.45, 7) is 9.06. The van der Waals surface area contributed by atoms with Crippen molar-refractivity contribution in [2.45, 2.75) is 26.3 Å². The molecule has 2 aromatic carbocycles. The van der Waals surface area contributed by atoms with Gasteiger partial charge in [-0.25, -0.2) is 0 Å². The van der Waals surface area contributed by atoms with Crippen molar-refractivity contribution in [3.8, 4) is 11.5 Å². The highest BCUT2D eigenvalue weighted by Crippen LogP contribution is 2.39. The molecule has 2 aliphatic rings. The first-order valence-electron chi connectivity index (χ1n) is 12.7. The van der Waals surface area contributed by atoms with Gasteiger partial charge in [-0.1, -0.05) is 36.9 Å². The molecule has 1 atom stereocenters. The number of amides is 1. The number of likely N-dealkylation sites (tertiary alicyclic amines) is 1. The SMILES string of the molecule is CCCOc1cccc(C2/C(=C(\[O-])c3ccc(OCC)cc3)C(=O)C(=O)N2CC[NH+]2CCOCC2)c1. The van der Waals surface area contributed by atoms with Gasteiger partial charge in [-0.3, -0.25) is 9.59 Å². The Kier molecular flexibility index (Phi) is 8.61. The lowest BCUT2D eigenvalue weighted by Crippen LogP contribution is -3.14. The molecule has 2 saturated heterocycles. The molecule has 8 heteroatoms. The first kappa shape index (κ1) is 25.7. The molecule has 0 bridgehead atoms. The summed E-state index contributed by atoms with van der Waals surface area (Å²) in [7, 11) is 0. The number of ketones is 1. The molecule has 1 amide bonds. The monoisotopic (exact) mass is 494 g/mol. The number of hydrogen-bond donors (Lipinski definition) is 1. The molecular formula is C28H34N2O6. The number of carbonyl (C=O) groups is 2. The van der Waals surface area contributed by atoms with Crippen LogP contribution in [0.1, 0.15) is 37.4 Å². The van der Waals surface area contributed by atoms with Crippen LogP contribution < -0.4 is 19.5 Å². The van der Waals surface area contributed by atoms with Gasteiger partial charge in [-0.15, -0.1) is 0 Å². The summed E-state index contributed by atoms with van der Waals surface area (Å²) < 4.78 is 16.7. The Morgan fingerprint density at radius 1 is 1.06 bits per heavy atom. The first-order valence-corrected chi connectivity index (χ1v) is 12.7. The molecule has 2 aliphatic heterocycles. The maximum absolute atomic E-state index is 13.6. The molecule has 4 rings (SSSR count). The highest BCUT2D eigenvalue weighted by atomic mass is 16.5. The van der Waals surface area contributed by atoms with Crippen LogP contribution in [-0.4, -0.2) is 69.2 Å². The number of Topliss-reactive ketones (excluding diaryl/α,β-unsaturated/α-hetero) is 1. The van der Waals surface area contributed by atoms with Crippen LogP contribution in [0, 0.1) is 0 Å². The Morgan fingerprint density at radius 2 is 1.81 bits per heavy atom. The predicted octanol–water partition coefficient (Wildman–Crippen LogP) is 1.01.